The number of nitrogens with zero attached hydrogens (tertiary/aromatic N) is 4. The van der Waals surface area contributed by atoms with Gasteiger partial charge in [-0.05, 0) is 24.1 Å². The minimum Gasteiger partial charge on any atom is -0.387 e. The number of fused-ring (bicyclic) bond motifs is 1. The summed E-state index contributed by atoms with van der Waals surface area (Å²) in [6.45, 7) is 1.21. The number of halogens is 1. The first-order valence-corrected chi connectivity index (χ1v) is 14.5. The summed E-state index contributed by atoms with van der Waals surface area (Å²) in [4.78, 5) is 40.2. The van der Waals surface area contributed by atoms with Crippen LogP contribution in [0.4, 0.5) is 5.82 Å². The van der Waals surface area contributed by atoms with Crippen LogP contribution in [0, 0.1) is 0 Å². The van der Waals surface area contributed by atoms with Crippen LogP contribution in [0.3, 0.4) is 0 Å². The highest BCUT2D eigenvalue weighted by molar-refractivity contribution is 7.70. The maximum Gasteiger partial charge on any atom is 0.340 e. The van der Waals surface area contributed by atoms with Gasteiger partial charge in [-0.3, -0.25) is 13.7 Å². The quantitative estimate of drug-likeness (QED) is 0.162. The van der Waals surface area contributed by atoms with Gasteiger partial charge in [0.1, 0.15) is 18.3 Å². The van der Waals surface area contributed by atoms with E-state index in [-0.39, 0.29) is 17.0 Å². The number of aliphatic hydroxyl groups excluding tert-OH is 2. The fraction of sp³-hybridized carbons (Fsp3) is 0.421. The van der Waals surface area contributed by atoms with E-state index in [1.54, 1.807) is 0 Å². The highest BCUT2D eigenvalue weighted by Crippen LogP contribution is 2.55. The second-order valence-electron chi connectivity index (χ2n) is 8.23. The molecule has 196 valence electrons. The van der Waals surface area contributed by atoms with Gasteiger partial charge >= 0.3 is 15.2 Å². The van der Waals surface area contributed by atoms with Gasteiger partial charge in [-0.2, -0.15) is 9.97 Å². The van der Waals surface area contributed by atoms with Gasteiger partial charge in [0, 0.05) is 0 Å². The molecular weight excluding hydrogens is 540 g/mol. The third kappa shape index (κ3) is 6.12. The lowest BCUT2D eigenvalue weighted by Gasteiger charge is -2.18. The van der Waals surface area contributed by atoms with E-state index in [1.807, 2.05) is 37.3 Å². The molecule has 36 heavy (non-hydrogen) atoms. The Hall–Kier alpha value is -1.96. The van der Waals surface area contributed by atoms with Crippen molar-refractivity contribution in [3.05, 3.63) is 47.5 Å². The number of aliphatic hydroxyl groups is 2. The Labute approximate surface area is 209 Å². The van der Waals surface area contributed by atoms with Crippen LogP contribution in [-0.2, 0) is 18.4 Å². The number of imidazole rings is 1. The highest BCUT2D eigenvalue weighted by Gasteiger charge is 2.45. The first-order chi connectivity index (χ1) is 16.8. The molecule has 0 radical (unpaired) electrons. The Morgan fingerprint density at radius 1 is 1.17 bits per heavy atom. The normalized spacial score (nSPS) is 25.1. The number of nitrogens with one attached hydrogen (secondary N) is 1. The Balaban J connectivity index is 1.55. The first kappa shape index (κ1) is 27.1. The highest BCUT2D eigenvalue weighted by atomic mass is 35.5. The summed E-state index contributed by atoms with van der Waals surface area (Å²) in [7, 11) is -9.52. The van der Waals surface area contributed by atoms with Crippen molar-refractivity contribution in [3.8, 4) is 0 Å². The summed E-state index contributed by atoms with van der Waals surface area (Å²) in [6, 6.07) is 9.41. The molecule has 1 fully saturated rings. The zero-order valence-electron chi connectivity index (χ0n) is 18.7. The van der Waals surface area contributed by atoms with Crippen LogP contribution in [0.15, 0.2) is 36.7 Å². The molecule has 1 aliphatic rings. The number of hydrogen-bond acceptors (Lipinski definition) is 10. The van der Waals surface area contributed by atoms with Crippen molar-refractivity contribution in [2.75, 3.05) is 17.8 Å². The second kappa shape index (κ2) is 10.4. The third-order valence-electron chi connectivity index (χ3n) is 5.46. The van der Waals surface area contributed by atoms with E-state index < -0.39 is 52.2 Å². The molecule has 0 spiro atoms. The molecule has 3 aromatic rings. The zero-order valence-corrected chi connectivity index (χ0v) is 21.2. The van der Waals surface area contributed by atoms with E-state index in [4.69, 9.17) is 30.6 Å². The van der Waals surface area contributed by atoms with Gasteiger partial charge in [0.25, 0.3) is 0 Å². The van der Waals surface area contributed by atoms with Crippen LogP contribution >= 0.6 is 26.8 Å². The van der Waals surface area contributed by atoms with Gasteiger partial charge in [0.05, 0.1) is 19.0 Å². The summed E-state index contributed by atoms with van der Waals surface area (Å²) in [5, 5.41) is 24.1. The van der Waals surface area contributed by atoms with Crippen LogP contribution in [0.2, 0.25) is 5.28 Å². The van der Waals surface area contributed by atoms with Crippen molar-refractivity contribution in [2.24, 2.45) is 0 Å². The lowest BCUT2D eigenvalue weighted by Crippen LogP contribution is -2.33. The van der Waals surface area contributed by atoms with E-state index in [0.717, 1.165) is 5.56 Å². The standard InChI is InChI=1S/C19H24ClN5O9P2/c1-10(11-5-3-2-4-6-11)22-16-13-17(24-19(20)23-16)25(8-21-13)18-15(27)14(26)12(34-18)7-33-36(31,32)9-35(28,29)30/h2-6,8,10,12,14-15,18,26-27H,7,9H2,1H3,(H,31,32)(H,22,23,24)(H2,28,29,30)/t10-,12+,14+,15+,18+/m0/s1. The van der Waals surface area contributed by atoms with Gasteiger partial charge in [-0.1, -0.05) is 30.3 Å². The number of rotatable bonds is 9. The summed E-state index contributed by atoms with van der Waals surface area (Å²) in [6.07, 6.45) is -4.31. The monoisotopic (exact) mass is 563 g/mol. The molecule has 14 nitrogen and oxygen atoms in total. The fourth-order valence-corrected chi connectivity index (χ4v) is 6.50. The molecule has 1 saturated heterocycles. The van der Waals surface area contributed by atoms with E-state index in [9.17, 15) is 24.2 Å². The van der Waals surface area contributed by atoms with E-state index in [2.05, 4.69) is 20.3 Å². The van der Waals surface area contributed by atoms with Crippen LogP contribution < -0.4 is 5.32 Å². The maximum atomic E-state index is 11.9. The van der Waals surface area contributed by atoms with Crippen LogP contribution in [0.5, 0.6) is 0 Å². The van der Waals surface area contributed by atoms with E-state index >= 15 is 0 Å². The van der Waals surface area contributed by atoms with Gasteiger partial charge in [0.15, 0.2) is 29.1 Å². The molecule has 4 rings (SSSR count). The van der Waals surface area contributed by atoms with Crippen LogP contribution in [0.1, 0.15) is 24.8 Å². The molecule has 6 atom stereocenters. The molecule has 1 aromatic carbocycles. The fourth-order valence-electron chi connectivity index (χ4n) is 3.77. The number of aromatic nitrogens is 4. The summed E-state index contributed by atoms with van der Waals surface area (Å²) < 4.78 is 34.6. The predicted molar refractivity (Wildman–Crippen MR) is 127 cm³/mol. The number of benzene rings is 1. The largest absolute Gasteiger partial charge is 0.387 e. The lowest BCUT2D eigenvalue weighted by atomic mass is 10.1. The predicted octanol–water partition coefficient (Wildman–Crippen LogP) is 1.61. The van der Waals surface area contributed by atoms with Crippen molar-refractivity contribution in [3.63, 3.8) is 0 Å². The summed E-state index contributed by atoms with van der Waals surface area (Å²) in [5.41, 5.74) is 1.49. The molecule has 3 heterocycles. The van der Waals surface area contributed by atoms with Gasteiger partial charge in [-0.15, -0.1) is 0 Å². The second-order valence-corrected chi connectivity index (χ2v) is 12.6. The van der Waals surface area contributed by atoms with Gasteiger partial charge in [0.2, 0.25) is 5.28 Å². The number of ether oxygens (including phenoxy) is 1. The van der Waals surface area contributed by atoms with Crippen molar-refractivity contribution in [2.45, 2.75) is 37.5 Å². The third-order valence-corrected chi connectivity index (χ3v) is 9.09. The van der Waals surface area contributed by atoms with Gasteiger partial charge < -0.3 is 39.5 Å². The van der Waals surface area contributed by atoms with E-state index in [1.165, 1.54) is 10.9 Å². The minimum absolute atomic E-state index is 0.112. The van der Waals surface area contributed by atoms with Crippen molar-refractivity contribution in [1.82, 2.24) is 19.5 Å². The number of hydrogen-bond donors (Lipinski definition) is 6. The van der Waals surface area contributed by atoms with Crippen molar-refractivity contribution in [1.29, 1.82) is 0 Å². The molecule has 1 unspecified atom stereocenters. The lowest BCUT2D eigenvalue weighted by molar-refractivity contribution is -0.0483. The molecule has 6 N–H and O–H groups in total. The molecular formula is C19H24ClN5O9P2. The molecule has 0 aliphatic carbocycles. The van der Waals surface area contributed by atoms with Crippen LogP contribution in [0.25, 0.3) is 11.2 Å². The molecule has 1 aliphatic heterocycles. The minimum atomic E-state index is -4.83. The molecule has 0 amide bonds. The molecule has 17 heteroatoms. The SMILES string of the molecule is C[C@H](Nc1nc(Cl)nc2c1ncn2[C@@H]1O[C@H](COP(=O)(O)CP(=O)(O)O)[C@@H](O)[C@H]1O)c1ccccc1. The van der Waals surface area contributed by atoms with Gasteiger partial charge in [-0.25, -0.2) is 4.98 Å². The maximum absolute atomic E-state index is 11.9. The Morgan fingerprint density at radius 3 is 2.53 bits per heavy atom. The Bertz CT molecular complexity index is 1320. The van der Waals surface area contributed by atoms with Crippen LogP contribution in [-0.4, -0.2) is 75.2 Å². The topological polar surface area (TPSA) is 209 Å². The van der Waals surface area contributed by atoms with E-state index in [0.29, 0.717) is 11.3 Å². The average Bonchev–Trinajstić information content (AvgIpc) is 3.32. The molecule has 0 bridgehead atoms. The summed E-state index contributed by atoms with van der Waals surface area (Å²) >= 11 is 6.14. The van der Waals surface area contributed by atoms with Crippen molar-refractivity contribution >= 4 is 43.8 Å². The Morgan fingerprint density at radius 2 is 1.86 bits per heavy atom. The van der Waals surface area contributed by atoms with Crippen molar-refractivity contribution < 1.29 is 43.3 Å². The first-order valence-electron chi connectivity index (χ1n) is 10.6. The average molecular weight is 564 g/mol. The zero-order chi connectivity index (χ0) is 26.3. The Kier molecular flexibility index (Phi) is 7.84. The number of anilines is 1. The smallest absolute Gasteiger partial charge is 0.340 e. The molecule has 2 aromatic heterocycles. The summed E-state index contributed by atoms with van der Waals surface area (Å²) in [5.74, 6) is -1.07. The molecule has 0 saturated carbocycles.